The van der Waals surface area contributed by atoms with Crippen molar-refractivity contribution in [1.82, 2.24) is 0 Å². The van der Waals surface area contributed by atoms with Crippen LogP contribution in [0.2, 0.25) is 0 Å². The molecule has 0 N–H and O–H groups in total. The number of terminal acetylenes is 2. The SMILES string of the molecule is C#CCC(S)CCCC(S)CC#C. The van der Waals surface area contributed by atoms with E-state index in [0.717, 1.165) is 32.1 Å². The van der Waals surface area contributed by atoms with Gasteiger partial charge in [-0.15, -0.1) is 24.7 Å². The van der Waals surface area contributed by atoms with Crippen molar-refractivity contribution in [3.63, 3.8) is 0 Å². The number of hydrogen-bond donors (Lipinski definition) is 2. The normalized spacial score (nSPS) is 14.2. The third-order valence-corrected chi connectivity index (χ3v) is 2.66. The summed E-state index contributed by atoms with van der Waals surface area (Å²) in [6.45, 7) is 0. The van der Waals surface area contributed by atoms with E-state index in [0.29, 0.717) is 10.5 Å². The van der Waals surface area contributed by atoms with Crippen LogP contribution < -0.4 is 0 Å². The Balaban J connectivity index is 3.35. The zero-order valence-electron chi connectivity index (χ0n) is 7.74. The largest absolute Gasteiger partial charge is 0.175 e. The second-order valence-corrected chi connectivity index (χ2v) is 4.52. The quantitative estimate of drug-likeness (QED) is 0.491. The van der Waals surface area contributed by atoms with Gasteiger partial charge in [-0.05, 0) is 12.8 Å². The molecule has 72 valence electrons. The number of rotatable bonds is 6. The smallest absolute Gasteiger partial charge is 0.0203 e. The molecule has 2 heteroatoms. The van der Waals surface area contributed by atoms with E-state index >= 15 is 0 Å². The lowest BCUT2D eigenvalue weighted by Crippen LogP contribution is -2.01. The molecule has 0 fully saturated rings. The van der Waals surface area contributed by atoms with Gasteiger partial charge in [0.25, 0.3) is 0 Å². The summed E-state index contributed by atoms with van der Waals surface area (Å²) in [6, 6.07) is 0. The van der Waals surface area contributed by atoms with Gasteiger partial charge in [-0.1, -0.05) is 6.42 Å². The van der Waals surface area contributed by atoms with Gasteiger partial charge in [-0.2, -0.15) is 25.3 Å². The van der Waals surface area contributed by atoms with E-state index in [1.165, 1.54) is 0 Å². The maximum absolute atomic E-state index is 5.17. The molecule has 0 heterocycles. The summed E-state index contributed by atoms with van der Waals surface area (Å²) in [4.78, 5) is 0. The molecule has 13 heavy (non-hydrogen) atoms. The van der Waals surface area contributed by atoms with Crippen molar-refractivity contribution in [3.05, 3.63) is 0 Å². The molecule has 0 amide bonds. The Labute approximate surface area is 92.7 Å². The molecule has 0 aliphatic carbocycles. The highest BCUT2D eigenvalue weighted by molar-refractivity contribution is 7.81. The first kappa shape index (κ1) is 12.8. The summed E-state index contributed by atoms with van der Waals surface area (Å²) in [6.07, 6.45) is 15.0. The molecule has 2 unspecified atom stereocenters. The second kappa shape index (κ2) is 8.42. The predicted octanol–water partition coefficient (Wildman–Crippen LogP) is 2.80. The van der Waals surface area contributed by atoms with E-state index in [1.54, 1.807) is 0 Å². The van der Waals surface area contributed by atoms with Crippen molar-refractivity contribution >= 4 is 25.3 Å². The lowest BCUT2D eigenvalue weighted by molar-refractivity contribution is 0.649. The summed E-state index contributed by atoms with van der Waals surface area (Å²) in [5.41, 5.74) is 0. The van der Waals surface area contributed by atoms with Crippen LogP contribution >= 0.6 is 25.3 Å². The topological polar surface area (TPSA) is 0 Å². The fourth-order valence-electron chi connectivity index (χ4n) is 1.07. The Hall–Kier alpha value is -0.180. The Bertz CT molecular complexity index is 175. The third kappa shape index (κ3) is 8.16. The van der Waals surface area contributed by atoms with Gasteiger partial charge in [0.05, 0.1) is 0 Å². The van der Waals surface area contributed by atoms with Crippen LogP contribution in [0.3, 0.4) is 0 Å². The van der Waals surface area contributed by atoms with Gasteiger partial charge in [-0.25, -0.2) is 0 Å². The van der Waals surface area contributed by atoms with E-state index in [1.807, 2.05) is 0 Å². The molecule has 2 atom stereocenters. The van der Waals surface area contributed by atoms with Crippen LogP contribution in [-0.4, -0.2) is 10.5 Å². The van der Waals surface area contributed by atoms with Crippen molar-refractivity contribution < 1.29 is 0 Å². The molecule has 0 aromatic rings. The zero-order chi connectivity index (χ0) is 10.1. The van der Waals surface area contributed by atoms with E-state index < -0.39 is 0 Å². The Morgan fingerprint density at radius 3 is 1.62 bits per heavy atom. The van der Waals surface area contributed by atoms with Crippen molar-refractivity contribution in [1.29, 1.82) is 0 Å². The first-order valence-electron chi connectivity index (χ1n) is 4.43. The van der Waals surface area contributed by atoms with Gasteiger partial charge in [0, 0.05) is 23.3 Å². The molecule has 0 aromatic heterocycles. The first-order chi connectivity index (χ1) is 6.20. The highest BCUT2D eigenvalue weighted by atomic mass is 32.1. The van der Waals surface area contributed by atoms with Crippen LogP contribution in [0.25, 0.3) is 0 Å². The van der Waals surface area contributed by atoms with E-state index in [4.69, 9.17) is 12.8 Å². The number of thiol groups is 2. The average molecular weight is 212 g/mol. The third-order valence-electron chi connectivity index (χ3n) is 1.78. The van der Waals surface area contributed by atoms with Gasteiger partial charge in [0.2, 0.25) is 0 Å². The molecule has 0 saturated heterocycles. The Morgan fingerprint density at radius 1 is 0.923 bits per heavy atom. The average Bonchev–Trinajstić information content (AvgIpc) is 2.05. The Kier molecular flexibility index (Phi) is 8.30. The van der Waals surface area contributed by atoms with Gasteiger partial charge in [-0.3, -0.25) is 0 Å². The predicted molar refractivity (Wildman–Crippen MR) is 66.3 cm³/mol. The molecule has 0 aromatic carbocycles. The van der Waals surface area contributed by atoms with Gasteiger partial charge in [0.15, 0.2) is 0 Å². The highest BCUT2D eigenvalue weighted by Crippen LogP contribution is 2.15. The van der Waals surface area contributed by atoms with Crippen molar-refractivity contribution in [2.75, 3.05) is 0 Å². The molecule has 0 nitrogen and oxygen atoms in total. The Morgan fingerprint density at radius 2 is 1.31 bits per heavy atom. The maximum atomic E-state index is 5.17. The van der Waals surface area contributed by atoms with Crippen molar-refractivity contribution in [2.24, 2.45) is 0 Å². The molecule has 0 spiro atoms. The molecule has 0 aliphatic rings. The number of hydrogen-bond acceptors (Lipinski definition) is 2. The lowest BCUT2D eigenvalue weighted by atomic mass is 10.1. The highest BCUT2D eigenvalue weighted by Gasteiger charge is 2.04. The molecule has 0 aliphatic heterocycles. The maximum Gasteiger partial charge on any atom is 0.0203 e. The minimum atomic E-state index is 0.330. The minimum Gasteiger partial charge on any atom is -0.175 e. The zero-order valence-corrected chi connectivity index (χ0v) is 9.53. The molecule has 0 rings (SSSR count). The summed E-state index contributed by atoms with van der Waals surface area (Å²) >= 11 is 8.71. The fourth-order valence-corrected chi connectivity index (χ4v) is 1.64. The van der Waals surface area contributed by atoms with Crippen molar-refractivity contribution in [3.8, 4) is 24.7 Å². The lowest BCUT2D eigenvalue weighted by Gasteiger charge is -2.09. The molecule has 0 radical (unpaired) electrons. The first-order valence-corrected chi connectivity index (χ1v) is 5.47. The van der Waals surface area contributed by atoms with E-state index in [9.17, 15) is 0 Å². The van der Waals surface area contributed by atoms with Crippen LogP contribution in [0.15, 0.2) is 0 Å². The summed E-state index contributed by atoms with van der Waals surface area (Å²) in [5.74, 6) is 5.21. The monoisotopic (exact) mass is 212 g/mol. The van der Waals surface area contributed by atoms with Crippen LogP contribution in [-0.2, 0) is 0 Å². The molecular formula is C11H16S2. The molecule has 0 bridgehead atoms. The standard InChI is InChI=1S/C11H16S2/c1-3-6-10(12)8-5-9-11(13)7-4-2/h1-2,10-13H,5-9H2. The van der Waals surface area contributed by atoms with Crippen LogP contribution in [0, 0.1) is 24.7 Å². The minimum absolute atomic E-state index is 0.330. The van der Waals surface area contributed by atoms with E-state index in [-0.39, 0.29) is 0 Å². The van der Waals surface area contributed by atoms with E-state index in [2.05, 4.69) is 37.1 Å². The fraction of sp³-hybridized carbons (Fsp3) is 0.636. The summed E-state index contributed by atoms with van der Waals surface area (Å²) in [5, 5.41) is 0.660. The van der Waals surface area contributed by atoms with Crippen LogP contribution in [0.1, 0.15) is 32.1 Å². The molecule has 0 saturated carbocycles. The molecular weight excluding hydrogens is 196 g/mol. The van der Waals surface area contributed by atoms with Crippen molar-refractivity contribution in [2.45, 2.75) is 42.6 Å². The summed E-state index contributed by atoms with van der Waals surface area (Å²) in [7, 11) is 0. The van der Waals surface area contributed by atoms with Crippen LogP contribution in [0.4, 0.5) is 0 Å². The second-order valence-electron chi connectivity index (χ2n) is 3.06. The van der Waals surface area contributed by atoms with Gasteiger partial charge < -0.3 is 0 Å². The van der Waals surface area contributed by atoms with Gasteiger partial charge >= 0.3 is 0 Å². The summed E-state index contributed by atoms with van der Waals surface area (Å²) < 4.78 is 0. The van der Waals surface area contributed by atoms with Gasteiger partial charge in [0.1, 0.15) is 0 Å². The van der Waals surface area contributed by atoms with Crippen LogP contribution in [0.5, 0.6) is 0 Å².